The van der Waals surface area contributed by atoms with Gasteiger partial charge in [0.2, 0.25) is 20.0 Å². The van der Waals surface area contributed by atoms with E-state index in [4.69, 9.17) is 0 Å². The zero-order valence-electron chi connectivity index (χ0n) is 8.80. The molecule has 0 aromatic rings. The third-order valence-corrected chi connectivity index (χ3v) is 5.97. The van der Waals surface area contributed by atoms with Gasteiger partial charge in [-0.2, -0.15) is 0 Å². The highest BCUT2D eigenvalue weighted by atomic mass is 32.2. The third-order valence-electron chi connectivity index (χ3n) is 2.18. The molecule has 0 radical (unpaired) electrons. The minimum Gasteiger partial charge on any atom is -0.214 e. The first-order valence-electron chi connectivity index (χ1n) is 4.64. The normalized spacial score (nSPS) is 18.3. The largest absolute Gasteiger partial charge is 0.214 e. The molecule has 0 saturated heterocycles. The van der Waals surface area contributed by atoms with Gasteiger partial charge in [0.05, 0.1) is 11.0 Å². The molecule has 1 saturated carbocycles. The molecular weight excluding hydrogens is 240 g/mol. The molecule has 8 heteroatoms. The summed E-state index contributed by atoms with van der Waals surface area (Å²) in [6.45, 7) is -0.0562. The second-order valence-corrected chi connectivity index (χ2v) is 8.08. The molecule has 1 rings (SSSR count). The second kappa shape index (κ2) is 4.36. The summed E-state index contributed by atoms with van der Waals surface area (Å²) in [4.78, 5) is 0. The Morgan fingerprint density at radius 1 is 1.20 bits per heavy atom. The zero-order chi connectivity index (χ0) is 11.7. The number of sulfonamides is 2. The molecule has 0 aromatic heterocycles. The molecule has 1 aliphatic rings. The van der Waals surface area contributed by atoms with E-state index in [0.717, 1.165) is 4.31 Å². The fourth-order valence-electron chi connectivity index (χ4n) is 0.992. The van der Waals surface area contributed by atoms with Gasteiger partial charge in [0.25, 0.3) is 0 Å². The molecule has 1 aliphatic carbocycles. The summed E-state index contributed by atoms with van der Waals surface area (Å²) in [6, 6.07) is 0. The molecule has 0 heterocycles. The Morgan fingerprint density at radius 2 is 1.73 bits per heavy atom. The Hall–Kier alpha value is -0.180. The number of nitrogens with one attached hydrogen (secondary N) is 1. The quantitative estimate of drug-likeness (QED) is 0.658. The Morgan fingerprint density at radius 3 is 2.13 bits per heavy atom. The predicted molar refractivity (Wildman–Crippen MR) is 57.4 cm³/mol. The molecule has 0 spiro atoms. The summed E-state index contributed by atoms with van der Waals surface area (Å²) >= 11 is 0. The smallest absolute Gasteiger partial charge is 0.214 e. The minimum absolute atomic E-state index is 0.0562. The lowest BCUT2D eigenvalue weighted by molar-refractivity contribution is 0.519. The van der Waals surface area contributed by atoms with Crippen LogP contribution in [0.2, 0.25) is 0 Å². The van der Waals surface area contributed by atoms with Gasteiger partial charge in [-0.1, -0.05) is 0 Å². The van der Waals surface area contributed by atoms with Crippen molar-refractivity contribution in [2.75, 3.05) is 26.4 Å². The Bertz CT molecular complexity index is 376. The van der Waals surface area contributed by atoms with E-state index in [2.05, 4.69) is 4.72 Å². The molecule has 15 heavy (non-hydrogen) atoms. The Labute approximate surface area is 90.8 Å². The molecule has 0 unspecified atom stereocenters. The molecule has 0 atom stereocenters. The van der Waals surface area contributed by atoms with Crippen molar-refractivity contribution < 1.29 is 16.8 Å². The van der Waals surface area contributed by atoms with Crippen LogP contribution in [0.3, 0.4) is 0 Å². The van der Waals surface area contributed by atoms with E-state index in [1.807, 2.05) is 0 Å². The van der Waals surface area contributed by atoms with Crippen molar-refractivity contribution in [1.82, 2.24) is 9.03 Å². The van der Waals surface area contributed by atoms with Gasteiger partial charge in [-0.15, -0.1) is 0 Å². The van der Waals surface area contributed by atoms with E-state index < -0.39 is 20.0 Å². The van der Waals surface area contributed by atoms with Crippen LogP contribution in [0.25, 0.3) is 0 Å². The summed E-state index contributed by atoms with van der Waals surface area (Å²) in [6.07, 6.45) is 1.35. The van der Waals surface area contributed by atoms with Gasteiger partial charge in [-0.3, -0.25) is 0 Å². The first kappa shape index (κ1) is 12.9. The highest BCUT2D eigenvalue weighted by Crippen LogP contribution is 2.27. The maximum absolute atomic E-state index is 11.3. The molecule has 90 valence electrons. The van der Waals surface area contributed by atoms with Crippen molar-refractivity contribution >= 4 is 20.0 Å². The molecular formula is C7H16N2O4S2. The zero-order valence-corrected chi connectivity index (χ0v) is 10.4. The van der Waals surface area contributed by atoms with Crippen molar-refractivity contribution in [3.63, 3.8) is 0 Å². The van der Waals surface area contributed by atoms with Gasteiger partial charge in [0.15, 0.2) is 0 Å². The predicted octanol–water partition coefficient (Wildman–Crippen LogP) is -1.04. The lowest BCUT2D eigenvalue weighted by Crippen LogP contribution is -2.35. The van der Waals surface area contributed by atoms with Gasteiger partial charge >= 0.3 is 0 Å². The average Bonchev–Trinajstić information content (AvgIpc) is 2.84. The molecule has 0 amide bonds. The van der Waals surface area contributed by atoms with Crippen LogP contribution >= 0.6 is 0 Å². The van der Waals surface area contributed by atoms with Gasteiger partial charge in [0.1, 0.15) is 0 Å². The molecule has 0 bridgehead atoms. The van der Waals surface area contributed by atoms with E-state index in [9.17, 15) is 16.8 Å². The van der Waals surface area contributed by atoms with Crippen LogP contribution in [0.1, 0.15) is 12.8 Å². The van der Waals surface area contributed by atoms with Crippen molar-refractivity contribution in [2.45, 2.75) is 18.1 Å². The van der Waals surface area contributed by atoms with E-state index in [-0.39, 0.29) is 17.5 Å². The van der Waals surface area contributed by atoms with Gasteiger partial charge in [-0.25, -0.2) is 25.9 Å². The maximum Gasteiger partial charge on any atom is 0.214 e. The van der Waals surface area contributed by atoms with Gasteiger partial charge in [-0.05, 0) is 12.8 Å². The van der Waals surface area contributed by atoms with Gasteiger partial charge in [0, 0.05) is 20.6 Å². The second-order valence-electron chi connectivity index (χ2n) is 3.74. The fraction of sp³-hybridized carbons (Fsp3) is 1.00. The molecule has 0 aliphatic heterocycles. The first-order chi connectivity index (χ1) is 6.76. The summed E-state index contributed by atoms with van der Waals surface area (Å²) in [5.74, 6) is -0.202. The Balaban J connectivity index is 2.40. The first-order valence-corrected chi connectivity index (χ1v) is 7.80. The summed E-state index contributed by atoms with van der Waals surface area (Å²) in [7, 11) is -3.74. The van der Waals surface area contributed by atoms with Gasteiger partial charge < -0.3 is 0 Å². The van der Waals surface area contributed by atoms with E-state index in [1.165, 1.54) is 14.1 Å². The molecule has 6 nitrogen and oxygen atoms in total. The van der Waals surface area contributed by atoms with E-state index in [0.29, 0.717) is 12.8 Å². The van der Waals surface area contributed by atoms with Crippen molar-refractivity contribution in [3.05, 3.63) is 0 Å². The minimum atomic E-state index is -3.32. The van der Waals surface area contributed by atoms with Crippen LogP contribution < -0.4 is 4.72 Å². The fourth-order valence-corrected chi connectivity index (χ4v) is 3.23. The SMILES string of the molecule is CN(C)S(=O)(=O)CCNS(=O)(=O)C1CC1. The molecule has 0 aromatic carbocycles. The Kier molecular flexibility index (Phi) is 3.75. The number of hydrogen-bond acceptors (Lipinski definition) is 4. The summed E-state index contributed by atoms with van der Waals surface area (Å²) < 4.78 is 48.6. The lowest BCUT2D eigenvalue weighted by atomic mass is 10.8. The number of hydrogen-bond donors (Lipinski definition) is 1. The number of rotatable bonds is 6. The average molecular weight is 256 g/mol. The van der Waals surface area contributed by atoms with E-state index in [1.54, 1.807) is 0 Å². The summed E-state index contributed by atoms with van der Waals surface area (Å²) in [5, 5.41) is -0.306. The highest BCUT2D eigenvalue weighted by Gasteiger charge is 2.35. The highest BCUT2D eigenvalue weighted by molar-refractivity contribution is 7.90. The van der Waals surface area contributed by atoms with Crippen molar-refractivity contribution in [3.8, 4) is 0 Å². The van der Waals surface area contributed by atoms with E-state index >= 15 is 0 Å². The molecule has 1 fully saturated rings. The topological polar surface area (TPSA) is 83.6 Å². The van der Waals surface area contributed by atoms with Crippen LogP contribution in [0.4, 0.5) is 0 Å². The monoisotopic (exact) mass is 256 g/mol. The maximum atomic E-state index is 11.3. The van der Waals surface area contributed by atoms with Crippen molar-refractivity contribution in [1.29, 1.82) is 0 Å². The lowest BCUT2D eigenvalue weighted by Gasteiger charge is -2.11. The van der Waals surface area contributed by atoms with Crippen molar-refractivity contribution in [2.24, 2.45) is 0 Å². The van der Waals surface area contributed by atoms with Crippen LogP contribution in [0.5, 0.6) is 0 Å². The van der Waals surface area contributed by atoms with Crippen LogP contribution in [-0.2, 0) is 20.0 Å². The van der Waals surface area contributed by atoms with Crippen LogP contribution in [0.15, 0.2) is 0 Å². The standard InChI is InChI=1S/C7H16N2O4S2/c1-9(2)14(10,11)6-5-8-15(12,13)7-3-4-7/h7-8H,3-6H2,1-2H3. The third kappa shape index (κ3) is 3.71. The number of nitrogens with zero attached hydrogens (tertiary/aromatic N) is 1. The van der Waals surface area contributed by atoms with Crippen LogP contribution in [0, 0.1) is 0 Å². The van der Waals surface area contributed by atoms with Crippen LogP contribution in [-0.4, -0.2) is 52.8 Å². The summed E-state index contributed by atoms with van der Waals surface area (Å²) in [5.41, 5.74) is 0. The molecule has 1 N–H and O–H groups in total.